The first-order valence-electron chi connectivity index (χ1n) is 11.0. The van der Waals surface area contributed by atoms with Gasteiger partial charge in [-0.15, -0.1) is 0 Å². The molecule has 1 saturated heterocycles. The van der Waals surface area contributed by atoms with Crippen molar-refractivity contribution in [2.75, 3.05) is 48.7 Å². The van der Waals surface area contributed by atoms with E-state index in [-0.39, 0.29) is 24.0 Å². The smallest absolute Gasteiger partial charge is 0.282 e. The van der Waals surface area contributed by atoms with Crippen molar-refractivity contribution < 1.29 is 19.1 Å². The second-order valence-electron chi connectivity index (χ2n) is 7.88. The summed E-state index contributed by atoms with van der Waals surface area (Å²) in [6.07, 6.45) is 1.31. The van der Waals surface area contributed by atoms with E-state index in [0.29, 0.717) is 49.7 Å². The minimum atomic E-state index is -0.510. The van der Waals surface area contributed by atoms with Gasteiger partial charge in [-0.2, -0.15) is 20.1 Å². The predicted octanol–water partition coefficient (Wildman–Crippen LogP) is 3.61. The van der Waals surface area contributed by atoms with Crippen LogP contribution in [0.2, 0.25) is 0 Å². The Morgan fingerprint density at radius 2 is 1.86 bits per heavy atom. The summed E-state index contributed by atoms with van der Waals surface area (Å²) >= 11 is 3.55. The Hall–Kier alpha value is -4.04. The van der Waals surface area contributed by atoms with Gasteiger partial charge in [0.15, 0.2) is 11.5 Å². The van der Waals surface area contributed by atoms with Crippen molar-refractivity contribution in [1.82, 2.24) is 15.0 Å². The minimum absolute atomic E-state index is 0.00732. The molecule has 0 bridgehead atoms. The maximum Gasteiger partial charge on any atom is 0.282 e. The van der Waals surface area contributed by atoms with Gasteiger partial charge in [-0.1, -0.05) is 6.07 Å². The van der Waals surface area contributed by atoms with E-state index in [1.807, 2.05) is 30.0 Å². The number of rotatable bonds is 7. The van der Waals surface area contributed by atoms with Crippen LogP contribution in [0.25, 0.3) is 0 Å². The van der Waals surface area contributed by atoms with E-state index in [1.165, 1.54) is 18.3 Å². The number of fused-ring (bicyclic) bond motifs is 1. The Kier molecular flexibility index (Phi) is 6.77. The van der Waals surface area contributed by atoms with Crippen molar-refractivity contribution in [1.29, 1.82) is 0 Å². The number of nitro groups is 1. The SMILES string of the molecule is Cc1ccc(Nc2nc(NN=Cc3cc4c(cc3[N+](=O)[O-])OCO4)nc(N3CCOCC3)n2)c(Br)c1. The number of anilines is 4. The molecule has 36 heavy (non-hydrogen) atoms. The lowest BCUT2D eigenvalue weighted by Gasteiger charge is -2.27. The number of nitro benzene ring substituents is 1. The first-order chi connectivity index (χ1) is 17.5. The van der Waals surface area contributed by atoms with Crippen LogP contribution in [0.1, 0.15) is 11.1 Å². The number of hydrogen-bond donors (Lipinski definition) is 2. The van der Waals surface area contributed by atoms with E-state index in [4.69, 9.17) is 14.2 Å². The number of morpholine rings is 1. The third kappa shape index (κ3) is 5.28. The number of aromatic nitrogens is 3. The summed E-state index contributed by atoms with van der Waals surface area (Å²) in [6.45, 7) is 4.39. The van der Waals surface area contributed by atoms with Crippen LogP contribution in [-0.4, -0.2) is 59.2 Å². The van der Waals surface area contributed by atoms with Crippen LogP contribution >= 0.6 is 15.9 Å². The summed E-state index contributed by atoms with van der Waals surface area (Å²) in [7, 11) is 0. The summed E-state index contributed by atoms with van der Waals surface area (Å²) in [4.78, 5) is 26.4. The molecule has 3 aromatic rings. The van der Waals surface area contributed by atoms with Gasteiger partial charge in [-0.05, 0) is 46.6 Å². The van der Waals surface area contributed by atoms with Crippen LogP contribution in [0.15, 0.2) is 39.9 Å². The van der Waals surface area contributed by atoms with E-state index in [1.54, 1.807) is 0 Å². The average Bonchev–Trinajstić information content (AvgIpc) is 3.33. The maximum atomic E-state index is 11.5. The molecule has 2 aliphatic heterocycles. The molecule has 0 aliphatic carbocycles. The molecule has 0 saturated carbocycles. The lowest BCUT2D eigenvalue weighted by atomic mass is 10.1. The quantitative estimate of drug-likeness (QED) is 0.249. The van der Waals surface area contributed by atoms with Gasteiger partial charge in [0.05, 0.1) is 41.7 Å². The first-order valence-corrected chi connectivity index (χ1v) is 11.7. The van der Waals surface area contributed by atoms with Crippen LogP contribution in [-0.2, 0) is 4.74 Å². The molecule has 0 amide bonds. The summed E-state index contributed by atoms with van der Waals surface area (Å²) in [5.41, 5.74) is 4.72. The molecule has 1 fully saturated rings. The predicted molar refractivity (Wildman–Crippen MR) is 135 cm³/mol. The molecule has 2 N–H and O–H groups in total. The number of halogens is 1. The number of nitrogens with one attached hydrogen (secondary N) is 2. The van der Waals surface area contributed by atoms with Crippen molar-refractivity contribution >= 4 is 51.4 Å². The molecular formula is C22H21BrN8O5. The normalized spacial score (nSPS) is 14.8. The molecule has 1 aromatic heterocycles. The Balaban J connectivity index is 1.42. The van der Waals surface area contributed by atoms with Gasteiger partial charge in [0.25, 0.3) is 5.69 Å². The minimum Gasteiger partial charge on any atom is -0.454 e. The molecular weight excluding hydrogens is 536 g/mol. The van der Waals surface area contributed by atoms with Crippen molar-refractivity contribution in [2.24, 2.45) is 5.10 Å². The zero-order valence-corrected chi connectivity index (χ0v) is 20.7. The summed E-state index contributed by atoms with van der Waals surface area (Å²) < 4.78 is 16.8. The molecule has 14 heteroatoms. The highest BCUT2D eigenvalue weighted by Crippen LogP contribution is 2.37. The van der Waals surface area contributed by atoms with Crippen molar-refractivity contribution in [3.8, 4) is 11.5 Å². The zero-order chi connectivity index (χ0) is 25.1. The lowest BCUT2D eigenvalue weighted by Crippen LogP contribution is -2.37. The van der Waals surface area contributed by atoms with Crippen LogP contribution in [0.3, 0.4) is 0 Å². The van der Waals surface area contributed by atoms with E-state index in [9.17, 15) is 10.1 Å². The third-order valence-corrected chi connectivity index (χ3v) is 6.03. The standard InChI is InChI=1S/C22H21BrN8O5/c1-13-2-3-16(15(23)8-13)25-20-26-21(28-22(27-20)30-4-6-34-7-5-30)29-24-11-14-9-18-19(36-12-35-18)10-17(14)31(32)33/h2-3,8-11H,4-7,12H2,1H3,(H2,25,26,27,28,29). The van der Waals surface area contributed by atoms with E-state index >= 15 is 0 Å². The van der Waals surface area contributed by atoms with Crippen molar-refractivity contribution in [3.63, 3.8) is 0 Å². The highest BCUT2D eigenvalue weighted by Gasteiger charge is 2.23. The van der Waals surface area contributed by atoms with Gasteiger partial charge >= 0.3 is 0 Å². The largest absolute Gasteiger partial charge is 0.454 e. The molecule has 2 aliphatic rings. The van der Waals surface area contributed by atoms with Crippen LogP contribution < -0.4 is 25.1 Å². The number of hydrogen-bond acceptors (Lipinski definition) is 12. The average molecular weight is 557 g/mol. The Morgan fingerprint density at radius 1 is 1.11 bits per heavy atom. The van der Waals surface area contributed by atoms with Crippen LogP contribution in [0, 0.1) is 17.0 Å². The van der Waals surface area contributed by atoms with E-state index in [2.05, 4.69) is 46.7 Å². The maximum absolute atomic E-state index is 11.5. The Morgan fingerprint density at radius 3 is 2.61 bits per heavy atom. The fourth-order valence-corrected chi connectivity index (χ4v) is 4.18. The monoisotopic (exact) mass is 556 g/mol. The molecule has 186 valence electrons. The summed E-state index contributed by atoms with van der Waals surface area (Å²) in [5, 5.41) is 18.8. The molecule has 0 atom stereocenters. The first kappa shape index (κ1) is 23.7. The second kappa shape index (κ2) is 10.3. The number of nitrogens with zero attached hydrogens (tertiary/aromatic N) is 6. The number of ether oxygens (including phenoxy) is 3. The fourth-order valence-electron chi connectivity index (χ4n) is 3.59. The molecule has 0 radical (unpaired) electrons. The fraction of sp³-hybridized carbons (Fsp3) is 0.273. The van der Waals surface area contributed by atoms with Gasteiger partial charge in [-0.3, -0.25) is 10.1 Å². The van der Waals surface area contributed by atoms with Gasteiger partial charge in [0.1, 0.15) is 0 Å². The Bertz CT molecular complexity index is 1330. The number of aryl methyl sites for hydroxylation is 1. The highest BCUT2D eigenvalue weighted by molar-refractivity contribution is 9.10. The highest BCUT2D eigenvalue weighted by atomic mass is 79.9. The topological polar surface area (TPSA) is 149 Å². The number of benzene rings is 2. The van der Waals surface area contributed by atoms with E-state index in [0.717, 1.165) is 15.7 Å². The molecule has 13 nitrogen and oxygen atoms in total. The Labute approximate surface area is 213 Å². The van der Waals surface area contributed by atoms with Gasteiger partial charge < -0.3 is 24.4 Å². The summed E-state index contributed by atoms with van der Waals surface area (Å²) in [5.74, 6) is 1.65. The zero-order valence-electron chi connectivity index (χ0n) is 19.1. The van der Waals surface area contributed by atoms with Crippen LogP contribution in [0.4, 0.5) is 29.2 Å². The number of hydrazone groups is 1. The molecule has 2 aromatic carbocycles. The van der Waals surface area contributed by atoms with Crippen molar-refractivity contribution in [2.45, 2.75) is 6.92 Å². The van der Waals surface area contributed by atoms with E-state index < -0.39 is 4.92 Å². The molecule has 5 rings (SSSR count). The lowest BCUT2D eigenvalue weighted by molar-refractivity contribution is -0.385. The van der Waals surface area contributed by atoms with Gasteiger partial charge in [-0.25, -0.2) is 5.43 Å². The van der Waals surface area contributed by atoms with Gasteiger partial charge in [0.2, 0.25) is 24.6 Å². The molecule has 0 spiro atoms. The van der Waals surface area contributed by atoms with Gasteiger partial charge in [0, 0.05) is 17.6 Å². The summed E-state index contributed by atoms with van der Waals surface area (Å²) in [6, 6.07) is 8.68. The molecule has 3 heterocycles. The third-order valence-electron chi connectivity index (χ3n) is 5.38. The van der Waals surface area contributed by atoms with Crippen LogP contribution in [0.5, 0.6) is 11.5 Å². The second-order valence-corrected chi connectivity index (χ2v) is 8.74. The van der Waals surface area contributed by atoms with Crippen molar-refractivity contribution in [3.05, 3.63) is 56.0 Å². The molecule has 0 unspecified atom stereocenters.